The molecule has 2 amide bonds. The van der Waals surface area contributed by atoms with Gasteiger partial charge in [0, 0.05) is 22.6 Å². The van der Waals surface area contributed by atoms with Crippen molar-refractivity contribution in [1.82, 2.24) is 10.2 Å². The summed E-state index contributed by atoms with van der Waals surface area (Å²) in [6.07, 6.45) is 0.270. The van der Waals surface area contributed by atoms with Gasteiger partial charge in [-0.2, -0.15) is 0 Å². The maximum Gasteiger partial charge on any atom is 0.264 e. The highest BCUT2D eigenvalue weighted by Crippen LogP contribution is 2.26. The van der Waals surface area contributed by atoms with Crippen LogP contribution in [0.4, 0.5) is 5.69 Å². The van der Waals surface area contributed by atoms with Crippen LogP contribution in [0.15, 0.2) is 114 Å². The van der Waals surface area contributed by atoms with Crippen molar-refractivity contribution in [3.05, 3.63) is 129 Å². The summed E-state index contributed by atoms with van der Waals surface area (Å²) in [5, 5.41) is 2.98. The van der Waals surface area contributed by atoms with Gasteiger partial charge in [-0.25, -0.2) is 8.42 Å². The molecule has 1 atom stereocenters. The van der Waals surface area contributed by atoms with Crippen molar-refractivity contribution < 1.29 is 18.0 Å². The number of anilines is 1. The van der Waals surface area contributed by atoms with Crippen LogP contribution in [0.2, 0.25) is 0 Å². The molecule has 0 saturated carbocycles. The summed E-state index contributed by atoms with van der Waals surface area (Å²) >= 11 is 2.15. The zero-order valence-corrected chi connectivity index (χ0v) is 27.5. The van der Waals surface area contributed by atoms with Crippen molar-refractivity contribution in [2.24, 2.45) is 0 Å². The Balaban J connectivity index is 1.80. The summed E-state index contributed by atoms with van der Waals surface area (Å²) in [6, 6.07) is 31.2. The van der Waals surface area contributed by atoms with E-state index in [1.54, 1.807) is 42.5 Å². The Labute approximate surface area is 268 Å². The van der Waals surface area contributed by atoms with Gasteiger partial charge in [-0.15, -0.1) is 0 Å². The van der Waals surface area contributed by atoms with Crippen LogP contribution in [0, 0.1) is 10.5 Å². The monoisotopic (exact) mass is 709 g/mol. The number of nitrogens with one attached hydrogen (secondary N) is 1. The number of sulfonamides is 1. The predicted octanol–water partition coefficient (Wildman–Crippen LogP) is 5.96. The molecule has 0 aromatic heterocycles. The summed E-state index contributed by atoms with van der Waals surface area (Å²) in [5.74, 6) is -0.784. The Bertz CT molecular complexity index is 1630. The number of amides is 2. The summed E-state index contributed by atoms with van der Waals surface area (Å²) < 4.78 is 30.1. The van der Waals surface area contributed by atoms with Crippen LogP contribution >= 0.6 is 22.6 Å². The first-order valence-corrected chi connectivity index (χ1v) is 16.6. The molecular weight excluding hydrogens is 673 g/mol. The molecule has 0 unspecified atom stereocenters. The molecule has 0 heterocycles. The Kier molecular flexibility index (Phi) is 11.0. The van der Waals surface area contributed by atoms with Gasteiger partial charge < -0.3 is 10.2 Å². The van der Waals surface area contributed by atoms with Crippen LogP contribution in [-0.2, 0) is 32.6 Å². The van der Waals surface area contributed by atoms with Gasteiger partial charge in [0.1, 0.15) is 12.6 Å². The van der Waals surface area contributed by atoms with E-state index < -0.39 is 28.5 Å². The highest BCUT2D eigenvalue weighted by atomic mass is 127. The maximum absolute atomic E-state index is 14.4. The third-order valence-corrected chi connectivity index (χ3v) is 9.54. The van der Waals surface area contributed by atoms with E-state index in [0.717, 1.165) is 24.6 Å². The molecule has 0 saturated heterocycles. The summed E-state index contributed by atoms with van der Waals surface area (Å²) in [4.78, 5) is 29.8. The van der Waals surface area contributed by atoms with Gasteiger partial charge in [0.2, 0.25) is 11.8 Å². The molecule has 0 spiro atoms. The SMILES string of the molecule is Cc1ccccc1CN(C(=O)CN(c1ccc(I)cc1)S(=O)(=O)c1ccccc1)[C@@H](Cc1ccccc1)C(=O)NC(C)C. The molecule has 1 N–H and O–H groups in total. The second kappa shape index (κ2) is 14.7. The lowest BCUT2D eigenvalue weighted by Gasteiger charge is -2.34. The highest BCUT2D eigenvalue weighted by Gasteiger charge is 2.35. The molecule has 0 bridgehead atoms. The first-order valence-electron chi connectivity index (χ1n) is 14.1. The van der Waals surface area contributed by atoms with E-state index in [0.29, 0.717) is 5.69 Å². The predicted molar refractivity (Wildman–Crippen MR) is 179 cm³/mol. The molecule has 43 heavy (non-hydrogen) atoms. The number of nitrogens with zero attached hydrogens (tertiary/aromatic N) is 2. The molecule has 0 radical (unpaired) electrons. The van der Waals surface area contributed by atoms with Crippen LogP contribution in [0.25, 0.3) is 0 Å². The molecule has 9 heteroatoms. The van der Waals surface area contributed by atoms with Gasteiger partial charge in [0.25, 0.3) is 10.0 Å². The fraction of sp³-hybridized carbons (Fsp3) is 0.235. The second-order valence-corrected chi connectivity index (χ2v) is 13.7. The lowest BCUT2D eigenvalue weighted by atomic mass is 10.0. The largest absolute Gasteiger partial charge is 0.352 e. The van der Waals surface area contributed by atoms with Crippen LogP contribution < -0.4 is 9.62 Å². The molecular formula is C34H36IN3O4S. The van der Waals surface area contributed by atoms with E-state index in [1.165, 1.54) is 17.0 Å². The Morgan fingerprint density at radius 2 is 1.40 bits per heavy atom. The van der Waals surface area contributed by atoms with Gasteiger partial charge in [-0.05, 0) is 96.5 Å². The first-order chi connectivity index (χ1) is 20.6. The van der Waals surface area contributed by atoms with Gasteiger partial charge in [0.05, 0.1) is 10.6 Å². The fourth-order valence-electron chi connectivity index (χ4n) is 4.76. The zero-order valence-electron chi connectivity index (χ0n) is 24.5. The average molecular weight is 710 g/mol. The van der Waals surface area contributed by atoms with Gasteiger partial charge in [-0.3, -0.25) is 13.9 Å². The van der Waals surface area contributed by atoms with E-state index in [1.807, 2.05) is 75.4 Å². The molecule has 4 aromatic rings. The molecule has 224 valence electrons. The van der Waals surface area contributed by atoms with Gasteiger partial charge in [-0.1, -0.05) is 72.8 Å². The number of hydrogen-bond donors (Lipinski definition) is 1. The quantitative estimate of drug-likeness (QED) is 0.184. The number of carbonyl (C=O) groups excluding carboxylic acids is 2. The molecule has 0 aliphatic carbocycles. The molecule has 7 nitrogen and oxygen atoms in total. The summed E-state index contributed by atoms with van der Waals surface area (Å²) in [6.45, 7) is 5.35. The minimum absolute atomic E-state index is 0.0743. The molecule has 4 aromatic carbocycles. The average Bonchev–Trinajstić information content (AvgIpc) is 2.99. The van der Waals surface area contributed by atoms with Crippen LogP contribution in [0.1, 0.15) is 30.5 Å². The Morgan fingerprint density at radius 3 is 2.00 bits per heavy atom. The molecule has 0 aliphatic rings. The standard InChI is InChI=1S/C34H36IN3O4S/c1-25(2)36-34(40)32(22-27-13-6-4-7-14-27)37(23-28-15-11-10-12-26(28)3)33(39)24-38(30-20-18-29(35)19-21-30)43(41,42)31-16-8-5-9-17-31/h4-21,25,32H,22-24H2,1-3H3,(H,36,40)/t32-/m0/s1. The van der Waals surface area contributed by atoms with Crippen LogP contribution in [0.5, 0.6) is 0 Å². The topological polar surface area (TPSA) is 86.8 Å². The van der Waals surface area contributed by atoms with Crippen molar-refractivity contribution in [1.29, 1.82) is 0 Å². The molecule has 4 rings (SSSR count). The van der Waals surface area contributed by atoms with Gasteiger partial charge >= 0.3 is 0 Å². The Hall–Kier alpha value is -3.70. The van der Waals surface area contributed by atoms with E-state index >= 15 is 0 Å². The smallest absolute Gasteiger partial charge is 0.264 e. The van der Waals surface area contributed by atoms with Crippen molar-refractivity contribution >= 4 is 50.1 Å². The zero-order chi connectivity index (χ0) is 31.0. The summed E-state index contributed by atoms with van der Waals surface area (Å²) in [7, 11) is -4.12. The third-order valence-electron chi connectivity index (χ3n) is 7.03. The molecule has 0 aliphatic heterocycles. The second-order valence-electron chi connectivity index (χ2n) is 10.6. The number of hydrogen-bond acceptors (Lipinski definition) is 4. The maximum atomic E-state index is 14.4. The minimum atomic E-state index is -4.12. The van der Waals surface area contributed by atoms with Crippen molar-refractivity contribution in [2.75, 3.05) is 10.8 Å². The normalized spacial score (nSPS) is 12.0. The van der Waals surface area contributed by atoms with Crippen LogP contribution in [-0.4, -0.2) is 43.8 Å². The van der Waals surface area contributed by atoms with E-state index in [9.17, 15) is 18.0 Å². The van der Waals surface area contributed by atoms with E-state index in [4.69, 9.17) is 0 Å². The molecule has 0 fully saturated rings. The Morgan fingerprint density at radius 1 is 0.814 bits per heavy atom. The fourth-order valence-corrected chi connectivity index (χ4v) is 6.56. The van der Waals surface area contributed by atoms with Crippen molar-refractivity contribution in [2.45, 2.75) is 50.7 Å². The first kappa shape index (κ1) is 32.2. The number of rotatable bonds is 12. The van der Waals surface area contributed by atoms with Crippen LogP contribution in [0.3, 0.4) is 0 Å². The summed E-state index contributed by atoms with van der Waals surface area (Å²) in [5.41, 5.74) is 3.09. The lowest BCUT2D eigenvalue weighted by molar-refractivity contribution is -0.140. The number of carbonyl (C=O) groups is 2. The number of aryl methyl sites for hydroxylation is 1. The van der Waals surface area contributed by atoms with E-state index in [-0.39, 0.29) is 29.8 Å². The minimum Gasteiger partial charge on any atom is -0.352 e. The van der Waals surface area contributed by atoms with E-state index in [2.05, 4.69) is 27.9 Å². The lowest BCUT2D eigenvalue weighted by Crippen LogP contribution is -2.54. The van der Waals surface area contributed by atoms with Crippen molar-refractivity contribution in [3.8, 4) is 0 Å². The highest BCUT2D eigenvalue weighted by molar-refractivity contribution is 14.1. The number of halogens is 1. The van der Waals surface area contributed by atoms with Crippen molar-refractivity contribution in [3.63, 3.8) is 0 Å². The number of benzene rings is 4. The third kappa shape index (κ3) is 8.45. The van der Waals surface area contributed by atoms with Gasteiger partial charge in [0.15, 0.2) is 0 Å².